The van der Waals surface area contributed by atoms with Crippen molar-refractivity contribution >= 4 is 17.9 Å². The number of hydrogen-bond donors (Lipinski definition) is 3. The van der Waals surface area contributed by atoms with Crippen molar-refractivity contribution in [2.75, 3.05) is 32.8 Å². The number of urea groups is 1. The highest BCUT2D eigenvalue weighted by Crippen LogP contribution is 2.38. The lowest BCUT2D eigenvalue weighted by molar-refractivity contribution is -0.150. The van der Waals surface area contributed by atoms with Crippen molar-refractivity contribution in [3.63, 3.8) is 0 Å². The van der Waals surface area contributed by atoms with Gasteiger partial charge in [0.05, 0.1) is 12.0 Å². The number of rotatable bonds is 7. The van der Waals surface area contributed by atoms with Crippen LogP contribution < -0.4 is 11.1 Å². The molecular weight excluding hydrogens is 278 g/mol. The first-order valence-corrected chi connectivity index (χ1v) is 6.92. The van der Waals surface area contributed by atoms with Crippen molar-refractivity contribution in [1.82, 2.24) is 10.2 Å². The maximum absolute atomic E-state index is 12.0. The van der Waals surface area contributed by atoms with Crippen molar-refractivity contribution in [1.29, 1.82) is 0 Å². The van der Waals surface area contributed by atoms with Gasteiger partial charge in [0.1, 0.15) is 6.61 Å². The van der Waals surface area contributed by atoms with Gasteiger partial charge in [0.2, 0.25) is 5.91 Å². The number of nitrogens with zero attached hydrogens (tertiary/aromatic N) is 1. The van der Waals surface area contributed by atoms with Crippen LogP contribution in [-0.2, 0) is 14.3 Å². The van der Waals surface area contributed by atoms with Crippen molar-refractivity contribution in [2.45, 2.75) is 20.3 Å². The Morgan fingerprint density at radius 2 is 2.10 bits per heavy atom. The second kappa shape index (κ2) is 7.26. The first-order chi connectivity index (χ1) is 9.79. The molecule has 1 aliphatic heterocycles. The van der Waals surface area contributed by atoms with E-state index in [0.717, 1.165) is 0 Å². The quantitative estimate of drug-likeness (QED) is 0.554. The minimum Gasteiger partial charge on any atom is -0.481 e. The van der Waals surface area contributed by atoms with Crippen LogP contribution in [0.15, 0.2) is 0 Å². The Morgan fingerprint density at radius 1 is 1.43 bits per heavy atom. The fraction of sp³-hybridized carbons (Fsp3) is 0.769. The van der Waals surface area contributed by atoms with Gasteiger partial charge in [-0.1, -0.05) is 13.8 Å². The number of carbonyl (C=O) groups excluding carboxylic acids is 2. The molecule has 3 amide bonds. The second-order valence-electron chi connectivity index (χ2n) is 5.54. The number of amides is 3. The highest BCUT2D eigenvalue weighted by atomic mass is 16.5. The number of hydrogen-bond acceptors (Lipinski definition) is 4. The van der Waals surface area contributed by atoms with Gasteiger partial charge < -0.3 is 25.8 Å². The van der Waals surface area contributed by atoms with Crippen molar-refractivity contribution in [3.8, 4) is 0 Å². The van der Waals surface area contributed by atoms with Crippen LogP contribution in [0.5, 0.6) is 0 Å². The molecule has 0 spiro atoms. The van der Waals surface area contributed by atoms with E-state index >= 15 is 0 Å². The number of primary amides is 1. The number of carboxylic acids is 1. The van der Waals surface area contributed by atoms with Crippen LogP contribution in [0.3, 0.4) is 0 Å². The summed E-state index contributed by atoms with van der Waals surface area (Å²) in [5.41, 5.74) is 4.03. The largest absolute Gasteiger partial charge is 0.481 e. The van der Waals surface area contributed by atoms with Gasteiger partial charge in [-0.15, -0.1) is 0 Å². The van der Waals surface area contributed by atoms with E-state index in [0.29, 0.717) is 13.0 Å². The number of aliphatic carboxylic acids is 1. The van der Waals surface area contributed by atoms with Crippen LogP contribution in [0.25, 0.3) is 0 Å². The van der Waals surface area contributed by atoms with Crippen molar-refractivity contribution in [3.05, 3.63) is 0 Å². The highest BCUT2D eigenvalue weighted by Gasteiger charge is 2.48. The summed E-state index contributed by atoms with van der Waals surface area (Å²) in [4.78, 5) is 35.4. The lowest BCUT2D eigenvalue weighted by atomic mass is 9.76. The zero-order chi connectivity index (χ0) is 16.0. The molecule has 8 nitrogen and oxygen atoms in total. The van der Waals surface area contributed by atoms with Gasteiger partial charge in [-0.3, -0.25) is 9.59 Å². The third-order valence-corrected chi connectivity index (χ3v) is 3.89. The maximum Gasteiger partial charge on any atom is 0.317 e. The van der Waals surface area contributed by atoms with E-state index in [4.69, 9.17) is 10.5 Å². The summed E-state index contributed by atoms with van der Waals surface area (Å²) in [6.07, 6.45) is 0.450. The number of nitrogens with one attached hydrogen (secondary N) is 1. The Balaban J connectivity index is 2.40. The molecule has 0 bridgehead atoms. The molecule has 0 aromatic rings. The van der Waals surface area contributed by atoms with Crippen LogP contribution in [0.1, 0.15) is 20.3 Å². The molecule has 1 fully saturated rings. The molecule has 0 saturated carbocycles. The van der Waals surface area contributed by atoms with Gasteiger partial charge in [0, 0.05) is 19.6 Å². The molecule has 1 unspecified atom stereocenters. The molecule has 1 saturated heterocycles. The summed E-state index contributed by atoms with van der Waals surface area (Å²) >= 11 is 0. The number of carboxylic acid groups (broad SMARTS) is 1. The molecule has 120 valence electrons. The first-order valence-electron chi connectivity index (χ1n) is 6.92. The molecule has 8 heteroatoms. The molecule has 0 aromatic carbocycles. The maximum atomic E-state index is 12.0. The summed E-state index contributed by atoms with van der Waals surface area (Å²) < 4.78 is 4.92. The third-order valence-electron chi connectivity index (χ3n) is 3.89. The van der Waals surface area contributed by atoms with Gasteiger partial charge in [-0.05, 0) is 12.3 Å². The van der Waals surface area contributed by atoms with Gasteiger partial charge in [-0.25, -0.2) is 4.79 Å². The number of likely N-dealkylation sites (tertiary alicyclic amines) is 1. The van der Waals surface area contributed by atoms with Gasteiger partial charge in [0.15, 0.2) is 0 Å². The summed E-state index contributed by atoms with van der Waals surface area (Å²) in [5.74, 6) is -1.48. The summed E-state index contributed by atoms with van der Waals surface area (Å²) in [6.45, 7) is 4.56. The number of ether oxygens (including phenoxy) is 1. The van der Waals surface area contributed by atoms with E-state index in [1.165, 1.54) is 4.90 Å². The molecule has 1 aliphatic rings. The topological polar surface area (TPSA) is 122 Å². The SMILES string of the molecule is CC(C)C1(C(=O)O)CCN(C(=O)NCCOCC(N)=O)C1. The fourth-order valence-corrected chi connectivity index (χ4v) is 2.41. The molecule has 0 aromatic heterocycles. The van der Waals surface area contributed by atoms with Crippen molar-refractivity contribution in [2.24, 2.45) is 17.1 Å². The molecule has 21 heavy (non-hydrogen) atoms. The molecule has 1 rings (SSSR count). The van der Waals surface area contributed by atoms with Crippen LogP contribution in [0.2, 0.25) is 0 Å². The van der Waals surface area contributed by atoms with E-state index in [2.05, 4.69) is 5.32 Å². The monoisotopic (exact) mass is 301 g/mol. The lowest BCUT2D eigenvalue weighted by Crippen LogP contribution is -2.44. The van der Waals surface area contributed by atoms with Crippen LogP contribution in [-0.4, -0.2) is 60.8 Å². The average Bonchev–Trinajstić information content (AvgIpc) is 2.84. The van der Waals surface area contributed by atoms with Crippen LogP contribution in [0.4, 0.5) is 4.79 Å². The predicted octanol–water partition coefficient (Wildman–Crippen LogP) is -0.369. The van der Waals surface area contributed by atoms with E-state index in [1.807, 2.05) is 13.8 Å². The van der Waals surface area contributed by atoms with Gasteiger partial charge in [-0.2, -0.15) is 0 Å². The van der Waals surface area contributed by atoms with E-state index < -0.39 is 17.3 Å². The second-order valence-corrected chi connectivity index (χ2v) is 5.54. The predicted molar refractivity (Wildman–Crippen MR) is 74.5 cm³/mol. The zero-order valence-corrected chi connectivity index (χ0v) is 12.4. The smallest absolute Gasteiger partial charge is 0.317 e. The van der Waals surface area contributed by atoms with E-state index in [9.17, 15) is 19.5 Å². The Hall–Kier alpha value is -1.83. The zero-order valence-electron chi connectivity index (χ0n) is 12.4. The Kier molecular flexibility index (Phi) is 5.95. The van der Waals surface area contributed by atoms with E-state index in [-0.39, 0.29) is 38.3 Å². The molecule has 0 radical (unpaired) electrons. The van der Waals surface area contributed by atoms with Gasteiger partial charge in [0.25, 0.3) is 0 Å². The Morgan fingerprint density at radius 3 is 2.57 bits per heavy atom. The molecule has 1 heterocycles. The minimum atomic E-state index is -0.875. The number of nitrogens with two attached hydrogens (primary N) is 1. The first kappa shape index (κ1) is 17.2. The van der Waals surface area contributed by atoms with Gasteiger partial charge >= 0.3 is 12.0 Å². The summed E-state index contributed by atoms with van der Waals surface area (Å²) in [5, 5.41) is 12.0. The summed E-state index contributed by atoms with van der Waals surface area (Å²) in [7, 11) is 0. The third kappa shape index (κ3) is 4.32. The molecular formula is C13H23N3O5. The minimum absolute atomic E-state index is 0.0494. The standard InChI is InChI=1S/C13H23N3O5/c1-9(2)13(11(18)19)3-5-16(8-13)12(20)15-4-6-21-7-10(14)17/h9H,3-8H2,1-2H3,(H2,14,17)(H,15,20)(H,18,19). The average molecular weight is 301 g/mol. The van der Waals surface area contributed by atoms with Crippen LogP contribution >= 0.6 is 0 Å². The summed E-state index contributed by atoms with van der Waals surface area (Å²) in [6, 6.07) is -0.318. The highest BCUT2D eigenvalue weighted by molar-refractivity contribution is 5.80. The number of carbonyl (C=O) groups is 3. The van der Waals surface area contributed by atoms with Crippen molar-refractivity contribution < 1.29 is 24.2 Å². The Bertz CT molecular complexity index is 413. The normalized spacial score (nSPS) is 21.6. The van der Waals surface area contributed by atoms with E-state index in [1.54, 1.807) is 0 Å². The molecule has 4 N–H and O–H groups in total. The van der Waals surface area contributed by atoms with Crippen LogP contribution in [0, 0.1) is 11.3 Å². The Labute approximate surface area is 123 Å². The lowest BCUT2D eigenvalue weighted by Gasteiger charge is -2.28. The molecule has 1 atom stereocenters. The fourth-order valence-electron chi connectivity index (χ4n) is 2.41. The molecule has 0 aliphatic carbocycles.